The maximum atomic E-state index is 12.5. The molecule has 1 aliphatic heterocycles. The molecule has 2 aromatic heterocycles. The molecule has 1 saturated heterocycles. The van der Waals surface area contributed by atoms with E-state index in [1.165, 1.54) is 6.20 Å². The Hall–Kier alpha value is -3.60. The normalized spacial score (nSPS) is 14.6. The van der Waals surface area contributed by atoms with Crippen LogP contribution in [-0.4, -0.2) is 42.6 Å². The zero-order valence-electron chi connectivity index (χ0n) is 16.1. The highest BCUT2D eigenvalue weighted by Gasteiger charge is 2.23. The van der Waals surface area contributed by atoms with Crippen molar-refractivity contribution in [2.75, 3.05) is 31.6 Å². The van der Waals surface area contributed by atoms with E-state index in [1.54, 1.807) is 25.4 Å². The van der Waals surface area contributed by atoms with Gasteiger partial charge in [0, 0.05) is 37.4 Å². The lowest BCUT2D eigenvalue weighted by atomic mass is 9.96. The fraction of sp³-hybridized carbons (Fsp3) is 0.333. The summed E-state index contributed by atoms with van der Waals surface area (Å²) >= 11 is 0. The zero-order valence-corrected chi connectivity index (χ0v) is 16.1. The Morgan fingerprint density at radius 2 is 2.14 bits per heavy atom. The first-order chi connectivity index (χ1) is 14.2. The van der Waals surface area contributed by atoms with E-state index in [1.807, 2.05) is 12.1 Å². The summed E-state index contributed by atoms with van der Waals surface area (Å²) in [6.45, 7) is 2.12. The topological polar surface area (TPSA) is 104 Å². The number of para-hydroxylation sites is 1. The van der Waals surface area contributed by atoms with Crippen molar-refractivity contribution < 1.29 is 13.9 Å². The number of hydrogen-bond acceptors (Lipinski definition) is 7. The maximum Gasteiger partial charge on any atom is 0.287 e. The number of anilines is 1. The second-order valence-corrected chi connectivity index (χ2v) is 6.97. The van der Waals surface area contributed by atoms with E-state index in [2.05, 4.69) is 26.3 Å². The molecule has 1 N–H and O–H groups in total. The molecule has 8 nitrogen and oxygen atoms in total. The number of piperidine rings is 1. The quantitative estimate of drug-likeness (QED) is 0.713. The van der Waals surface area contributed by atoms with Crippen LogP contribution in [0.2, 0.25) is 0 Å². The molecule has 0 unspecified atom stereocenters. The first-order valence-corrected chi connectivity index (χ1v) is 9.50. The van der Waals surface area contributed by atoms with Gasteiger partial charge in [0.05, 0.1) is 7.11 Å². The number of hydrogen-bond donors (Lipinski definition) is 1. The fourth-order valence-corrected chi connectivity index (χ4v) is 3.62. The predicted molar refractivity (Wildman–Crippen MR) is 107 cm³/mol. The van der Waals surface area contributed by atoms with Gasteiger partial charge >= 0.3 is 0 Å². The third kappa shape index (κ3) is 3.85. The van der Waals surface area contributed by atoms with E-state index in [0.717, 1.165) is 31.3 Å². The third-order valence-corrected chi connectivity index (χ3v) is 5.20. The smallest absolute Gasteiger partial charge is 0.287 e. The number of rotatable bonds is 5. The molecule has 0 bridgehead atoms. The van der Waals surface area contributed by atoms with Gasteiger partial charge in [0.15, 0.2) is 28.6 Å². The van der Waals surface area contributed by atoms with Crippen molar-refractivity contribution in [3.63, 3.8) is 0 Å². The van der Waals surface area contributed by atoms with Gasteiger partial charge < -0.3 is 19.4 Å². The second kappa shape index (κ2) is 8.19. The molecule has 0 spiro atoms. The summed E-state index contributed by atoms with van der Waals surface area (Å²) in [6, 6.07) is 9.37. The maximum absolute atomic E-state index is 12.5. The van der Waals surface area contributed by atoms with Gasteiger partial charge in [0.1, 0.15) is 6.07 Å². The Morgan fingerprint density at radius 1 is 1.34 bits per heavy atom. The van der Waals surface area contributed by atoms with Gasteiger partial charge in [0.25, 0.3) is 5.91 Å². The molecule has 8 heteroatoms. The van der Waals surface area contributed by atoms with Crippen molar-refractivity contribution in [1.29, 1.82) is 5.26 Å². The number of fused-ring (bicyclic) bond motifs is 1. The highest BCUT2D eigenvalue weighted by Crippen LogP contribution is 2.28. The van der Waals surface area contributed by atoms with Gasteiger partial charge in [-0.25, -0.2) is 9.97 Å². The van der Waals surface area contributed by atoms with Crippen LogP contribution in [0.4, 0.5) is 5.82 Å². The number of nitrogens with zero attached hydrogens (tertiary/aromatic N) is 4. The lowest BCUT2D eigenvalue weighted by molar-refractivity contribution is 0.0919. The molecule has 1 aromatic carbocycles. The SMILES string of the molecule is COc1cccc2cc(C(=O)NCC3CCN(c4nccnc4C#N)CC3)oc12. The molecule has 0 atom stereocenters. The van der Waals surface area contributed by atoms with Crippen LogP contribution in [0.25, 0.3) is 11.0 Å². The predicted octanol–water partition coefficient (Wildman–Crippen LogP) is 2.75. The van der Waals surface area contributed by atoms with Crippen LogP contribution in [-0.2, 0) is 0 Å². The number of nitrogens with one attached hydrogen (secondary N) is 1. The van der Waals surface area contributed by atoms with Gasteiger partial charge in [-0.05, 0) is 30.9 Å². The fourth-order valence-electron chi connectivity index (χ4n) is 3.62. The van der Waals surface area contributed by atoms with Gasteiger partial charge in [-0.1, -0.05) is 12.1 Å². The van der Waals surface area contributed by atoms with Crippen molar-refractivity contribution in [2.24, 2.45) is 5.92 Å². The first kappa shape index (κ1) is 18.7. The second-order valence-electron chi connectivity index (χ2n) is 6.97. The molecule has 1 aliphatic rings. The lowest BCUT2D eigenvalue weighted by Gasteiger charge is -2.32. The number of amides is 1. The molecule has 0 aliphatic carbocycles. The van der Waals surface area contributed by atoms with E-state index in [9.17, 15) is 10.1 Å². The standard InChI is InChI=1S/C21H21N5O3/c1-28-17-4-2-3-15-11-18(29-19(15)17)21(27)25-13-14-5-9-26(10-6-14)20-16(12-22)23-7-8-24-20/h2-4,7-8,11,14H,5-6,9-10,13H2,1H3,(H,25,27). The number of carbonyl (C=O) groups excluding carboxylic acids is 1. The monoisotopic (exact) mass is 391 g/mol. The Labute approximate surface area is 168 Å². The summed E-state index contributed by atoms with van der Waals surface area (Å²) < 4.78 is 11.0. The van der Waals surface area contributed by atoms with Gasteiger partial charge in [-0.2, -0.15) is 5.26 Å². The molecule has 1 fully saturated rings. The number of carbonyl (C=O) groups is 1. The van der Waals surface area contributed by atoms with Crippen LogP contribution >= 0.6 is 0 Å². The molecular formula is C21H21N5O3. The van der Waals surface area contributed by atoms with Crippen LogP contribution in [0.5, 0.6) is 5.75 Å². The Balaban J connectivity index is 1.34. The lowest BCUT2D eigenvalue weighted by Crippen LogP contribution is -2.39. The van der Waals surface area contributed by atoms with Crippen molar-refractivity contribution >= 4 is 22.7 Å². The summed E-state index contributed by atoms with van der Waals surface area (Å²) in [5.74, 6) is 1.64. The number of aromatic nitrogens is 2. The summed E-state index contributed by atoms with van der Waals surface area (Å²) in [6.07, 6.45) is 4.92. The van der Waals surface area contributed by atoms with Gasteiger partial charge in [-0.15, -0.1) is 0 Å². The number of ether oxygens (including phenoxy) is 1. The average molecular weight is 391 g/mol. The van der Waals surface area contributed by atoms with Crippen molar-refractivity contribution in [2.45, 2.75) is 12.8 Å². The molecule has 1 amide bonds. The third-order valence-electron chi connectivity index (χ3n) is 5.20. The number of furan rings is 1. The minimum atomic E-state index is -0.230. The number of nitriles is 1. The largest absolute Gasteiger partial charge is 0.493 e. The minimum Gasteiger partial charge on any atom is -0.493 e. The molecular weight excluding hydrogens is 370 g/mol. The highest BCUT2D eigenvalue weighted by molar-refractivity contribution is 5.97. The number of benzene rings is 1. The van der Waals surface area contributed by atoms with Crippen LogP contribution in [0.15, 0.2) is 41.1 Å². The molecule has 0 radical (unpaired) electrons. The van der Waals surface area contributed by atoms with E-state index < -0.39 is 0 Å². The Kier molecular flexibility index (Phi) is 5.29. The van der Waals surface area contributed by atoms with Crippen molar-refractivity contribution in [3.05, 3.63) is 48.1 Å². The summed E-state index contributed by atoms with van der Waals surface area (Å²) in [7, 11) is 1.57. The zero-order chi connectivity index (χ0) is 20.2. The van der Waals surface area contributed by atoms with Gasteiger partial charge in [0.2, 0.25) is 0 Å². The first-order valence-electron chi connectivity index (χ1n) is 9.50. The summed E-state index contributed by atoms with van der Waals surface area (Å²) in [5, 5.41) is 13.0. The van der Waals surface area contributed by atoms with Crippen LogP contribution in [0.3, 0.4) is 0 Å². The Bertz CT molecular complexity index is 1060. The van der Waals surface area contributed by atoms with E-state index in [0.29, 0.717) is 35.3 Å². The van der Waals surface area contributed by atoms with Crippen molar-refractivity contribution in [3.8, 4) is 11.8 Å². The van der Waals surface area contributed by atoms with Crippen LogP contribution in [0.1, 0.15) is 29.1 Å². The minimum absolute atomic E-state index is 0.230. The average Bonchev–Trinajstić information content (AvgIpc) is 3.22. The molecule has 0 saturated carbocycles. The van der Waals surface area contributed by atoms with Gasteiger partial charge in [-0.3, -0.25) is 4.79 Å². The Morgan fingerprint density at radius 3 is 2.90 bits per heavy atom. The highest BCUT2D eigenvalue weighted by atomic mass is 16.5. The van der Waals surface area contributed by atoms with E-state index in [-0.39, 0.29) is 11.7 Å². The van der Waals surface area contributed by atoms with E-state index in [4.69, 9.17) is 9.15 Å². The molecule has 29 heavy (non-hydrogen) atoms. The molecule has 3 aromatic rings. The molecule has 3 heterocycles. The number of methoxy groups -OCH3 is 1. The van der Waals surface area contributed by atoms with Crippen molar-refractivity contribution in [1.82, 2.24) is 15.3 Å². The van der Waals surface area contributed by atoms with E-state index >= 15 is 0 Å². The summed E-state index contributed by atoms with van der Waals surface area (Å²) in [5.41, 5.74) is 0.922. The molecule has 148 valence electrons. The molecule has 4 rings (SSSR count). The summed E-state index contributed by atoms with van der Waals surface area (Å²) in [4.78, 5) is 23.0. The van der Waals surface area contributed by atoms with Crippen LogP contribution in [0, 0.1) is 17.2 Å². The van der Waals surface area contributed by atoms with Crippen LogP contribution < -0.4 is 15.0 Å².